The van der Waals surface area contributed by atoms with Crippen molar-refractivity contribution in [2.45, 2.75) is 6.18 Å². The molecule has 0 unspecified atom stereocenters. The molecule has 0 radical (unpaired) electrons. The average molecular weight is 449 g/mol. The maximum absolute atomic E-state index is 13.6. The van der Waals surface area contributed by atoms with E-state index in [1.807, 2.05) is 0 Å². The summed E-state index contributed by atoms with van der Waals surface area (Å²) in [7, 11) is 0. The van der Waals surface area contributed by atoms with E-state index in [9.17, 15) is 27.2 Å². The molecule has 2 N–H and O–H groups in total. The second-order valence-electron chi connectivity index (χ2n) is 5.29. The van der Waals surface area contributed by atoms with Crippen LogP contribution in [0.5, 0.6) is 5.75 Å². The van der Waals surface area contributed by atoms with E-state index in [4.69, 9.17) is 4.74 Å². The van der Waals surface area contributed by atoms with Gasteiger partial charge in [0.05, 0.1) is 0 Å². The second-order valence-corrected chi connectivity index (χ2v) is 6.20. The van der Waals surface area contributed by atoms with Crippen molar-refractivity contribution in [3.8, 4) is 5.75 Å². The summed E-state index contributed by atoms with van der Waals surface area (Å²) in [4.78, 5) is 23.4. The van der Waals surface area contributed by atoms with Gasteiger partial charge < -0.3 is 15.4 Å². The third-order valence-electron chi connectivity index (χ3n) is 3.13. The minimum atomic E-state index is -4.50. The highest BCUT2D eigenvalue weighted by Crippen LogP contribution is 2.21. The van der Waals surface area contributed by atoms with Crippen LogP contribution in [0, 0.1) is 5.82 Å². The van der Waals surface area contributed by atoms with Crippen LogP contribution in [0.3, 0.4) is 0 Å². The maximum Gasteiger partial charge on any atom is 0.405 e. The molecule has 0 saturated heterocycles. The van der Waals surface area contributed by atoms with Crippen molar-refractivity contribution >= 4 is 33.4 Å². The van der Waals surface area contributed by atoms with E-state index in [2.05, 4.69) is 21.2 Å². The summed E-state index contributed by atoms with van der Waals surface area (Å²) in [6.45, 7) is -1.89. The number of alkyl halides is 3. The molecule has 0 bridgehead atoms. The van der Waals surface area contributed by atoms with E-state index in [1.165, 1.54) is 36.4 Å². The fourth-order valence-electron chi connectivity index (χ4n) is 1.92. The number of carbonyl (C=O) groups excluding carboxylic acids is 2. The summed E-state index contributed by atoms with van der Waals surface area (Å²) in [6, 6.07) is 9.32. The minimum Gasteiger partial charge on any atom is -0.481 e. The fourth-order valence-corrected chi connectivity index (χ4v) is 2.25. The molecule has 0 aromatic heterocycles. The van der Waals surface area contributed by atoms with Crippen molar-refractivity contribution in [2.75, 3.05) is 18.5 Å². The Hall–Kier alpha value is -2.62. The Balaban J connectivity index is 1.86. The number of carbonyl (C=O) groups is 2. The molecule has 0 aliphatic carbocycles. The summed E-state index contributed by atoms with van der Waals surface area (Å²) < 4.78 is 55.4. The van der Waals surface area contributed by atoms with Crippen LogP contribution in [0.15, 0.2) is 46.9 Å². The van der Waals surface area contributed by atoms with Gasteiger partial charge in [0.1, 0.15) is 6.54 Å². The van der Waals surface area contributed by atoms with Gasteiger partial charge in [-0.15, -0.1) is 0 Å². The first-order valence-corrected chi connectivity index (χ1v) is 8.26. The van der Waals surface area contributed by atoms with Gasteiger partial charge in [-0.3, -0.25) is 9.59 Å². The van der Waals surface area contributed by atoms with E-state index in [1.54, 1.807) is 11.4 Å². The highest BCUT2D eigenvalue weighted by Gasteiger charge is 2.27. The maximum atomic E-state index is 13.6. The number of halogens is 5. The van der Waals surface area contributed by atoms with Gasteiger partial charge in [0, 0.05) is 15.7 Å². The topological polar surface area (TPSA) is 67.4 Å². The van der Waals surface area contributed by atoms with Gasteiger partial charge in [0.15, 0.2) is 18.2 Å². The van der Waals surface area contributed by atoms with Crippen LogP contribution in [0.25, 0.3) is 0 Å². The predicted octanol–water partition coefficient (Wildman–Crippen LogP) is 3.90. The molecule has 27 heavy (non-hydrogen) atoms. The minimum absolute atomic E-state index is 0.00503. The number of anilines is 1. The lowest BCUT2D eigenvalue weighted by Crippen LogP contribution is -2.33. The molecule has 2 aromatic rings. The lowest BCUT2D eigenvalue weighted by atomic mass is 10.2. The average Bonchev–Trinajstić information content (AvgIpc) is 2.59. The van der Waals surface area contributed by atoms with Gasteiger partial charge in [0.25, 0.3) is 11.8 Å². The Morgan fingerprint density at radius 1 is 1.07 bits per heavy atom. The Morgan fingerprint density at radius 3 is 2.33 bits per heavy atom. The molecule has 5 nitrogen and oxygen atoms in total. The lowest BCUT2D eigenvalue weighted by Gasteiger charge is -2.10. The first-order chi connectivity index (χ1) is 12.6. The molecule has 0 heterocycles. The molecule has 2 amide bonds. The van der Waals surface area contributed by atoms with Crippen LogP contribution in [0.2, 0.25) is 0 Å². The summed E-state index contributed by atoms with van der Waals surface area (Å²) in [5, 5.41) is 4.19. The number of hydrogen-bond donors (Lipinski definition) is 2. The molecule has 2 rings (SSSR count). The highest BCUT2D eigenvalue weighted by atomic mass is 79.9. The quantitative estimate of drug-likeness (QED) is 0.658. The van der Waals surface area contributed by atoms with Gasteiger partial charge in [0.2, 0.25) is 0 Å². The normalized spacial score (nSPS) is 11.0. The van der Waals surface area contributed by atoms with E-state index in [-0.39, 0.29) is 11.3 Å². The predicted molar refractivity (Wildman–Crippen MR) is 93.1 cm³/mol. The largest absolute Gasteiger partial charge is 0.481 e. The van der Waals surface area contributed by atoms with Crippen LogP contribution >= 0.6 is 15.9 Å². The van der Waals surface area contributed by atoms with Crippen molar-refractivity contribution in [3.63, 3.8) is 0 Å². The van der Waals surface area contributed by atoms with Crippen molar-refractivity contribution in [2.24, 2.45) is 0 Å². The summed E-state index contributed by atoms with van der Waals surface area (Å²) >= 11 is 3.10. The first kappa shape index (κ1) is 20.7. The zero-order valence-corrected chi connectivity index (χ0v) is 15.2. The monoisotopic (exact) mass is 448 g/mol. The number of hydrogen-bond acceptors (Lipinski definition) is 3. The standard InChI is InChI=1S/C17H13BrF4N2O3/c18-11-3-6-14(13(19)7-11)27-8-15(25)24-12-4-1-10(2-5-12)16(26)23-9-17(20,21)22/h1-7H,8-9H2,(H,23,26)(H,24,25). The molecule has 0 aliphatic rings. The summed E-state index contributed by atoms with van der Waals surface area (Å²) in [5.41, 5.74) is 0.303. The van der Waals surface area contributed by atoms with Gasteiger partial charge in [-0.2, -0.15) is 13.2 Å². The van der Waals surface area contributed by atoms with Crippen molar-refractivity contribution in [3.05, 3.63) is 58.3 Å². The van der Waals surface area contributed by atoms with E-state index >= 15 is 0 Å². The molecular formula is C17H13BrF4N2O3. The molecule has 2 aromatic carbocycles. The molecule has 0 fully saturated rings. The number of benzene rings is 2. The SMILES string of the molecule is O=C(COc1ccc(Br)cc1F)Nc1ccc(C(=O)NCC(F)(F)F)cc1. The smallest absolute Gasteiger partial charge is 0.405 e. The molecule has 144 valence electrons. The van der Waals surface area contributed by atoms with E-state index in [0.29, 0.717) is 10.2 Å². The molecule has 10 heteroatoms. The molecule has 0 atom stereocenters. The number of amides is 2. The number of rotatable bonds is 6. The summed E-state index contributed by atoms with van der Waals surface area (Å²) in [5.74, 6) is -2.19. The van der Waals surface area contributed by atoms with Crippen molar-refractivity contribution in [1.82, 2.24) is 5.32 Å². The van der Waals surface area contributed by atoms with Crippen LogP contribution < -0.4 is 15.4 Å². The second kappa shape index (κ2) is 8.85. The van der Waals surface area contributed by atoms with Gasteiger partial charge in [-0.1, -0.05) is 15.9 Å². The van der Waals surface area contributed by atoms with Gasteiger partial charge in [-0.05, 0) is 42.5 Å². The fraction of sp³-hybridized carbons (Fsp3) is 0.176. The lowest BCUT2D eigenvalue weighted by molar-refractivity contribution is -0.123. The van der Waals surface area contributed by atoms with Gasteiger partial charge in [-0.25, -0.2) is 4.39 Å². The number of nitrogens with one attached hydrogen (secondary N) is 2. The molecule has 0 saturated carbocycles. The first-order valence-electron chi connectivity index (χ1n) is 7.47. The zero-order valence-electron chi connectivity index (χ0n) is 13.6. The molecule has 0 spiro atoms. The molecular weight excluding hydrogens is 436 g/mol. The van der Waals surface area contributed by atoms with Crippen molar-refractivity contribution in [1.29, 1.82) is 0 Å². The van der Waals surface area contributed by atoms with E-state index < -0.39 is 37.0 Å². The summed E-state index contributed by atoms with van der Waals surface area (Å²) in [6.07, 6.45) is -4.50. The Bertz CT molecular complexity index is 826. The zero-order chi connectivity index (χ0) is 20.0. The van der Waals surface area contributed by atoms with Crippen LogP contribution in [0.4, 0.5) is 23.2 Å². The Kier molecular flexibility index (Phi) is 6.78. The Morgan fingerprint density at radius 2 is 1.74 bits per heavy atom. The van der Waals surface area contributed by atoms with Crippen molar-refractivity contribution < 1.29 is 31.9 Å². The molecule has 0 aliphatic heterocycles. The van der Waals surface area contributed by atoms with Gasteiger partial charge >= 0.3 is 6.18 Å². The third-order valence-corrected chi connectivity index (χ3v) is 3.63. The van der Waals surface area contributed by atoms with Crippen LogP contribution in [0.1, 0.15) is 10.4 Å². The van der Waals surface area contributed by atoms with E-state index in [0.717, 1.165) is 0 Å². The Labute approximate surface area is 159 Å². The van der Waals surface area contributed by atoms with Crippen LogP contribution in [-0.4, -0.2) is 31.1 Å². The number of ether oxygens (including phenoxy) is 1. The third kappa shape index (κ3) is 6.89. The van der Waals surface area contributed by atoms with Crippen LogP contribution in [-0.2, 0) is 4.79 Å². The highest BCUT2D eigenvalue weighted by molar-refractivity contribution is 9.10.